The van der Waals surface area contributed by atoms with Gasteiger partial charge in [-0.15, -0.1) is 0 Å². The minimum absolute atomic E-state index is 0.0205. The van der Waals surface area contributed by atoms with Crippen molar-refractivity contribution in [2.24, 2.45) is 0 Å². The lowest BCUT2D eigenvalue weighted by atomic mass is 9.94. The molecule has 0 atom stereocenters. The average Bonchev–Trinajstić information content (AvgIpc) is 3.41. The predicted octanol–water partition coefficient (Wildman–Crippen LogP) is 6.26. The lowest BCUT2D eigenvalue weighted by Crippen LogP contribution is -2.33. The number of amides is 1. The normalized spacial score (nSPS) is 12.6. The summed E-state index contributed by atoms with van der Waals surface area (Å²) < 4.78 is 6.71. The molecule has 9 nitrogen and oxygen atoms in total. The van der Waals surface area contributed by atoms with Crippen LogP contribution in [0, 0.1) is 0 Å². The summed E-state index contributed by atoms with van der Waals surface area (Å²) in [4.78, 5) is 40.5. The van der Waals surface area contributed by atoms with E-state index in [9.17, 15) is 14.7 Å². The monoisotopic (exact) mass is 599 g/mol. The maximum atomic E-state index is 13.4. The van der Waals surface area contributed by atoms with E-state index >= 15 is 0 Å². The third-order valence-electron chi connectivity index (χ3n) is 7.08. The maximum absolute atomic E-state index is 13.4. The van der Waals surface area contributed by atoms with Crippen LogP contribution in [0.3, 0.4) is 0 Å². The van der Waals surface area contributed by atoms with Gasteiger partial charge in [0.1, 0.15) is 16.7 Å². The van der Waals surface area contributed by atoms with Crippen LogP contribution in [0.2, 0.25) is 5.15 Å². The number of thiazole rings is 1. The van der Waals surface area contributed by atoms with Gasteiger partial charge in [0.2, 0.25) is 0 Å². The summed E-state index contributed by atoms with van der Waals surface area (Å²) in [6, 6.07) is 20.5. The molecule has 0 saturated carbocycles. The zero-order chi connectivity index (χ0) is 29.1. The molecule has 0 saturated heterocycles. The summed E-state index contributed by atoms with van der Waals surface area (Å²) in [7, 11) is 0. The Balaban J connectivity index is 1.16. The number of benzene rings is 2. The highest BCUT2D eigenvalue weighted by atomic mass is 35.5. The van der Waals surface area contributed by atoms with Crippen LogP contribution in [0.15, 0.2) is 72.9 Å². The van der Waals surface area contributed by atoms with E-state index in [0.29, 0.717) is 71.9 Å². The SMILES string of the molecule is O=C(Nc1nc2ccccc2s1)c1cccc2c1CN(c1ccc(CCCOc3ccnc(Cl)c3)c(C(=O)O)n1)CC2. The number of carboxylic acids is 1. The molecule has 2 N–H and O–H groups in total. The molecule has 2 aromatic carbocycles. The fourth-order valence-electron chi connectivity index (χ4n) is 5.05. The van der Waals surface area contributed by atoms with Crippen LogP contribution in [0.1, 0.15) is 44.0 Å². The highest BCUT2D eigenvalue weighted by Gasteiger charge is 2.24. The van der Waals surface area contributed by atoms with Gasteiger partial charge in [-0.25, -0.2) is 19.7 Å². The minimum Gasteiger partial charge on any atom is -0.493 e. The van der Waals surface area contributed by atoms with Crippen LogP contribution >= 0.6 is 22.9 Å². The van der Waals surface area contributed by atoms with Crippen LogP contribution in [0.5, 0.6) is 5.75 Å². The lowest BCUT2D eigenvalue weighted by Gasteiger charge is -2.31. The van der Waals surface area contributed by atoms with Gasteiger partial charge in [0.15, 0.2) is 10.8 Å². The van der Waals surface area contributed by atoms with E-state index in [-0.39, 0.29) is 11.6 Å². The third kappa shape index (κ3) is 6.05. The minimum atomic E-state index is -1.08. The number of carbonyl (C=O) groups is 2. The fraction of sp³-hybridized carbons (Fsp3) is 0.194. The molecule has 11 heteroatoms. The number of hydrogen-bond donors (Lipinski definition) is 2. The van der Waals surface area contributed by atoms with Crippen LogP contribution < -0.4 is 15.0 Å². The molecule has 1 amide bonds. The molecule has 6 rings (SSSR count). The van der Waals surface area contributed by atoms with E-state index in [1.165, 1.54) is 11.3 Å². The number of para-hydroxylation sites is 1. The van der Waals surface area contributed by atoms with Gasteiger partial charge >= 0.3 is 5.97 Å². The van der Waals surface area contributed by atoms with Gasteiger partial charge in [0, 0.05) is 30.9 Å². The van der Waals surface area contributed by atoms with Crippen molar-refractivity contribution >= 4 is 56.0 Å². The van der Waals surface area contributed by atoms with E-state index in [4.69, 9.17) is 16.3 Å². The average molecular weight is 600 g/mol. The Kier molecular flexibility index (Phi) is 7.98. The molecule has 3 aromatic heterocycles. The zero-order valence-electron chi connectivity index (χ0n) is 22.4. The van der Waals surface area contributed by atoms with Crippen molar-refractivity contribution in [1.82, 2.24) is 15.0 Å². The number of nitrogens with one attached hydrogen (secondary N) is 1. The largest absolute Gasteiger partial charge is 0.493 e. The number of carbonyl (C=O) groups excluding carboxylic acids is 1. The van der Waals surface area contributed by atoms with Crippen molar-refractivity contribution in [2.75, 3.05) is 23.4 Å². The zero-order valence-corrected chi connectivity index (χ0v) is 24.0. The fourth-order valence-corrected chi connectivity index (χ4v) is 6.07. The number of pyridine rings is 2. The predicted molar refractivity (Wildman–Crippen MR) is 163 cm³/mol. The van der Waals surface area contributed by atoms with Gasteiger partial charge in [0.05, 0.1) is 16.8 Å². The molecule has 212 valence electrons. The van der Waals surface area contributed by atoms with Gasteiger partial charge in [-0.3, -0.25) is 10.1 Å². The van der Waals surface area contributed by atoms with Crippen molar-refractivity contribution in [2.45, 2.75) is 25.8 Å². The van der Waals surface area contributed by atoms with Crippen molar-refractivity contribution in [1.29, 1.82) is 0 Å². The third-order valence-corrected chi connectivity index (χ3v) is 8.24. The number of aryl methyl sites for hydroxylation is 1. The number of aromatic carboxylic acids is 1. The van der Waals surface area contributed by atoms with Crippen molar-refractivity contribution < 1.29 is 19.4 Å². The highest BCUT2D eigenvalue weighted by Crippen LogP contribution is 2.29. The summed E-state index contributed by atoms with van der Waals surface area (Å²) in [5.41, 5.74) is 4.06. The van der Waals surface area contributed by atoms with Gasteiger partial charge in [-0.05, 0) is 66.3 Å². The van der Waals surface area contributed by atoms with Crippen LogP contribution in [0.4, 0.5) is 10.9 Å². The Labute approximate surface area is 250 Å². The summed E-state index contributed by atoms with van der Waals surface area (Å²) >= 11 is 7.33. The molecule has 0 spiro atoms. The molecular formula is C31H26ClN5O4S. The quantitative estimate of drug-likeness (QED) is 0.150. The Morgan fingerprint density at radius 2 is 1.95 bits per heavy atom. The molecule has 0 fully saturated rings. The Hall–Kier alpha value is -4.54. The lowest BCUT2D eigenvalue weighted by molar-refractivity contribution is 0.0689. The number of nitrogens with zero attached hydrogens (tertiary/aromatic N) is 4. The summed E-state index contributed by atoms with van der Waals surface area (Å²) in [5, 5.41) is 13.8. The summed E-state index contributed by atoms with van der Waals surface area (Å²) in [5.74, 6) is -0.133. The first-order chi connectivity index (χ1) is 20.4. The number of fused-ring (bicyclic) bond motifs is 2. The molecule has 4 heterocycles. The van der Waals surface area contributed by atoms with Crippen LogP contribution in [-0.4, -0.2) is 45.1 Å². The van der Waals surface area contributed by atoms with Crippen LogP contribution in [0.25, 0.3) is 10.2 Å². The van der Waals surface area contributed by atoms with Gasteiger partial charge < -0.3 is 14.7 Å². The number of carboxylic acid groups (broad SMARTS) is 1. The second-order valence-electron chi connectivity index (χ2n) is 9.80. The van der Waals surface area contributed by atoms with E-state index in [1.807, 2.05) is 59.5 Å². The number of hydrogen-bond acceptors (Lipinski definition) is 8. The van der Waals surface area contributed by atoms with Gasteiger partial charge in [0.25, 0.3) is 5.91 Å². The van der Waals surface area contributed by atoms with E-state index < -0.39 is 5.97 Å². The first-order valence-corrected chi connectivity index (χ1v) is 14.6. The Morgan fingerprint density at radius 1 is 1.07 bits per heavy atom. The topological polar surface area (TPSA) is 118 Å². The van der Waals surface area contributed by atoms with Crippen LogP contribution in [-0.2, 0) is 19.4 Å². The highest BCUT2D eigenvalue weighted by molar-refractivity contribution is 7.22. The Morgan fingerprint density at radius 3 is 2.79 bits per heavy atom. The molecular weight excluding hydrogens is 574 g/mol. The summed E-state index contributed by atoms with van der Waals surface area (Å²) in [6.45, 7) is 1.49. The van der Waals surface area contributed by atoms with Gasteiger partial charge in [-0.1, -0.05) is 53.3 Å². The van der Waals surface area contributed by atoms with E-state index in [0.717, 1.165) is 21.3 Å². The molecule has 0 bridgehead atoms. The summed E-state index contributed by atoms with van der Waals surface area (Å²) in [6.07, 6.45) is 3.37. The smallest absolute Gasteiger partial charge is 0.354 e. The second kappa shape index (κ2) is 12.1. The molecule has 0 radical (unpaired) electrons. The maximum Gasteiger partial charge on any atom is 0.354 e. The number of ether oxygens (including phenoxy) is 1. The number of aromatic nitrogens is 3. The van der Waals surface area contributed by atoms with Crippen molar-refractivity contribution in [3.05, 3.63) is 106 Å². The molecule has 0 aliphatic carbocycles. The first-order valence-electron chi connectivity index (χ1n) is 13.4. The van der Waals surface area contributed by atoms with E-state index in [2.05, 4.69) is 20.3 Å². The number of rotatable bonds is 9. The van der Waals surface area contributed by atoms with Gasteiger partial charge in [-0.2, -0.15) is 0 Å². The number of halogens is 1. The second-order valence-corrected chi connectivity index (χ2v) is 11.2. The molecule has 1 aliphatic heterocycles. The number of anilines is 2. The molecule has 1 aliphatic rings. The molecule has 0 unspecified atom stereocenters. The van der Waals surface area contributed by atoms with Crippen molar-refractivity contribution in [3.63, 3.8) is 0 Å². The Bertz CT molecular complexity index is 1760. The molecule has 42 heavy (non-hydrogen) atoms. The first kappa shape index (κ1) is 27.6. The standard InChI is InChI=1S/C31H26ClN5O4S/c32-26-17-21(12-14-33-26)41-16-4-6-20-10-11-27(35-28(20)30(39)40)37-15-13-19-5-3-7-22(23(19)18-37)29(38)36-31-34-24-8-1-2-9-25(24)42-31/h1-3,5,7-12,14,17H,4,6,13,15-16,18H2,(H,39,40)(H,34,36,38). The molecule has 5 aromatic rings. The van der Waals surface area contributed by atoms with Crippen molar-refractivity contribution in [3.8, 4) is 5.75 Å². The van der Waals surface area contributed by atoms with E-state index in [1.54, 1.807) is 18.3 Å².